The van der Waals surface area contributed by atoms with E-state index < -0.39 is 5.60 Å². The minimum Gasteiger partial charge on any atom is -0.374 e. The van der Waals surface area contributed by atoms with Gasteiger partial charge in [-0.05, 0) is 53.0 Å². The Hall–Kier alpha value is -1.83. The van der Waals surface area contributed by atoms with Crippen molar-refractivity contribution < 1.29 is 14.3 Å². The quantitative estimate of drug-likeness (QED) is 0.319. The monoisotopic (exact) mass is 434 g/mol. The van der Waals surface area contributed by atoms with Gasteiger partial charge in [0.2, 0.25) is 0 Å². The maximum Gasteiger partial charge on any atom is 0.145 e. The van der Waals surface area contributed by atoms with Crippen molar-refractivity contribution in [2.24, 2.45) is 0 Å². The van der Waals surface area contributed by atoms with Crippen LogP contribution in [0.3, 0.4) is 0 Å². The average Bonchev–Trinajstić information content (AvgIpc) is 2.70. The molecular formula is C24H42N4O3. The number of carbonyl (C=O) groups excluding carboxylic acids is 1. The first-order valence-electron chi connectivity index (χ1n) is 11.1. The van der Waals surface area contributed by atoms with Crippen molar-refractivity contribution in [3.63, 3.8) is 0 Å². The second-order valence-electron chi connectivity index (χ2n) is 9.49. The standard InChI is InChI=1S/C24H42N4O3/c1-10-19(2)22-25-15-21(16-26-22)20(3)17-28(27(8)9)18-24(6,7)30-13-11-23(4,5)31-14-12-29/h12,15-17,19H,10-11,13-14,18H2,1-9H3/b20-17+. The molecule has 0 spiro atoms. The van der Waals surface area contributed by atoms with E-state index in [4.69, 9.17) is 9.47 Å². The lowest BCUT2D eigenvalue weighted by atomic mass is 10.1. The molecule has 31 heavy (non-hydrogen) atoms. The summed E-state index contributed by atoms with van der Waals surface area (Å²) >= 11 is 0. The third-order valence-corrected chi connectivity index (χ3v) is 5.32. The zero-order chi connectivity index (χ0) is 23.7. The molecule has 7 nitrogen and oxygen atoms in total. The Labute approximate surface area is 188 Å². The molecule has 0 saturated heterocycles. The van der Waals surface area contributed by atoms with Crippen LogP contribution in [0.2, 0.25) is 0 Å². The van der Waals surface area contributed by atoms with E-state index in [2.05, 4.69) is 55.8 Å². The topological polar surface area (TPSA) is 67.8 Å². The van der Waals surface area contributed by atoms with E-state index in [1.165, 1.54) is 0 Å². The van der Waals surface area contributed by atoms with Crippen LogP contribution in [-0.2, 0) is 14.3 Å². The van der Waals surface area contributed by atoms with Crippen LogP contribution < -0.4 is 0 Å². The Morgan fingerprint density at radius 1 is 1.13 bits per heavy atom. The fraction of sp³-hybridized carbons (Fsp3) is 0.708. The third kappa shape index (κ3) is 9.89. The zero-order valence-corrected chi connectivity index (χ0v) is 20.9. The van der Waals surface area contributed by atoms with Crippen molar-refractivity contribution in [1.29, 1.82) is 0 Å². The number of rotatable bonds is 14. The van der Waals surface area contributed by atoms with Crippen molar-refractivity contribution in [1.82, 2.24) is 20.0 Å². The summed E-state index contributed by atoms with van der Waals surface area (Å²) in [5, 5.41) is 4.17. The van der Waals surface area contributed by atoms with Crippen LogP contribution >= 0.6 is 0 Å². The molecular weight excluding hydrogens is 392 g/mol. The van der Waals surface area contributed by atoms with E-state index in [-0.39, 0.29) is 12.2 Å². The fourth-order valence-electron chi connectivity index (χ4n) is 2.92. The van der Waals surface area contributed by atoms with Crippen molar-refractivity contribution in [3.8, 4) is 0 Å². The minimum absolute atomic E-state index is 0.108. The summed E-state index contributed by atoms with van der Waals surface area (Å²) in [6.07, 6.45) is 8.41. The number of ether oxygens (including phenoxy) is 2. The average molecular weight is 435 g/mol. The molecule has 1 aromatic heterocycles. The van der Waals surface area contributed by atoms with Crippen LogP contribution in [0.1, 0.15) is 78.6 Å². The number of nitrogens with zero attached hydrogens (tertiary/aromatic N) is 4. The molecule has 0 amide bonds. The smallest absolute Gasteiger partial charge is 0.145 e. The molecule has 7 heteroatoms. The maximum atomic E-state index is 10.5. The third-order valence-electron chi connectivity index (χ3n) is 5.32. The van der Waals surface area contributed by atoms with E-state index in [0.717, 1.165) is 29.7 Å². The molecule has 0 radical (unpaired) electrons. The molecule has 0 aliphatic carbocycles. The largest absolute Gasteiger partial charge is 0.374 e. The molecule has 1 unspecified atom stereocenters. The number of aldehydes is 1. The Morgan fingerprint density at radius 3 is 2.26 bits per heavy atom. The highest BCUT2D eigenvalue weighted by molar-refractivity contribution is 5.61. The molecule has 1 atom stereocenters. The lowest BCUT2D eigenvalue weighted by Gasteiger charge is -2.36. The van der Waals surface area contributed by atoms with Crippen LogP contribution in [0.25, 0.3) is 5.57 Å². The Kier molecular flexibility index (Phi) is 10.8. The lowest BCUT2D eigenvalue weighted by Crippen LogP contribution is -2.44. The first-order chi connectivity index (χ1) is 14.4. The predicted octanol–water partition coefficient (Wildman–Crippen LogP) is 4.31. The molecule has 0 N–H and O–H groups in total. The van der Waals surface area contributed by atoms with Gasteiger partial charge in [0.1, 0.15) is 18.7 Å². The number of hydrogen-bond donors (Lipinski definition) is 0. The first-order valence-corrected chi connectivity index (χ1v) is 11.1. The highest BCUT2D eigenvalue weighted by atomic mass is 16.5. The zero-order valence-electron chi connectivity index (χ0n) is 20.9. The summed E-state index contributed by atoms with van der Waals surface area (Å²) in [6.45, 7) is 15.8. The molecule has 0 bridgehead atoms. The Morgan fingerprint density at radius 2 is 1.74 bits per heavy atom. The summed E-state index contributed by atoms with van der Waals surface area (Å²) in [6, 6.07) is 0. The van der Waals surface area contributed by atoms with Crippen molar-refractivity contribution in [2.75, 3.05) is 33.9 Å². The maximum absolute atomic E-state index is 10.5. The van der Waals surface area contributed by atoms with Gasteiger partial charge in [0, 0.05) is 44.2 Å². The molecule has 1 rings (SSSR count). The van der Waals surface area contributed by atoms with E-state index in [0.29, 0.717) is 25.5 Å². The number of allylic oxidation sites excluding steroid dienone is 1. The number of hydrogen-bond acceptors (Lipinski definition) is 7. The Balaban J connectivity index is 2.78. The number of aromatic nitrogens is 2. The molecule has 0 aliphatic heterocycles. The van der Waals surface area contributed by atoms with Crippen LogP contribution in [0.15, 0.2) is 18.6 Å². The van der Waals surface area contributed by atoms with Crippen LogP contribution in [0.5, 0.6) is 0 Å². The summed E-state index contributed by atoms with van der Waals surface area (Å²) in [4.78, 5) is 19.6. The SMILES string of the molecule is CCC(C)c1ncc(/C(C)=C/N(CC(C)(C)OCCC(C)(C)OCC=O)N(C)C)cn1. The molecule has 0 saturated carbocycles. The van der Waals surface area contributed by atoms with Gasteiger partial charge in [0.15, 0.2) is 0 Å². The van der Waals surface area contributed by atoms with Gasteiger partial charge in [-0.15, -0.1) is 0 Å². The van der Waals surface area contributed by atoms with Gasteiger partial charge in [-0.1, -0.05) is 13.8 Å². The molecule has 0 fully saturated rings. The van der Waals surface area contributed by atoms with Crippen LogP contribution in [-0.4, -0.2) is 71.3 Å². The van der Waals surface area contributed by atoms with Gasteiger partial charge in [-0.25, -0.2) is 15.0 Å². The second kappa shape index (κ2) is 12.3. The van der Waals surface area contributed by atoms with Crippen molar-refractivity contribution in [3.05, 3.63) is 30.0 Å². The highest BCUT2D eigenvalue weighted by Gasteiger charge is 2.25. The molecule has 1 heterocycles. The summed E-state index contributed by atoms with van der Waals surface area (Å²) in [5.41, 5.74) is 1.32. The fourth-order valence-corrected chi connectivity index (χ4v) is 2.92. The highest BCUT2D eigenvalue weighted by Crippen LogP contribution is 2.21. The molecule has 1 aromatic rings. The lowest BCUT2D eigenvalue weighted by molar-refractivity contribution is -0.121. The van der Waals surface area contributed by atoms with Gasteiger partial charge in [-0.3, -0.25) is 0 Å². The number of hydrazine groups is 1. The Bertz CT molecular complexity index is 699. The van der Waals surface area contributed by atoms with E-state index in [1.807, 2.05) is 45.3 Å². The molecule has 176 valence electrons. The molecule has 0 aromatic carbocycles. The van der Waals surface area contributed by atoms with Crippen molar-refractivity contribution >= 4 is 11.9 Å². The van der Waals surface area contributed by atoms with Gasteiger partial charge in [-0.2, -0.15) is 0 Å². The summed E-state index contributed by atoms with van der Waals surface area (Å²) < 4.78 is 11.7. The predicted molar refractivity (Wildman–Crippen MR) is 126 cm³/mol. The number of carbonyl (C=O) groups is 1. The second-order valence-corrected chi connectivity index (χ2v) is 9.49. The normalized spacial score (nSPS) is 14.1. The van der Waals surface area contributed by atoms with E-state index in [9.17, 15) is 4.79 Å². The molecule has 0 aliphatic rings. The van der Waals surface area contributed by atoms with Gasteiger partial charge < -0.3 is 19.3 Å². The summed E-state index contributed by atoms with van der Waals surface area (Å²) in [7, 11) is 4.03. The first kappa shape index (κ1) is 27.2. The van der Waals surface area contributed by atoms with Gasteiger partial charge >= 0.3 is 0 Å². The van der Waals surface area contributed by atoms with Crippen molar-refractivity contribution in [2.45, 2.75) is 78.4 Å². The van der Waals surface area contributed by atoms with E-state index in [1.54, 1.807) is 0 Å². The van der Waals surface area contributed by atoms with Gasteiger partial charge in [0.25, 0.3) is 0 Å². The summed E-state index contributed by atoms with van der Waals surface area (Å²) in [5.74, 6) is 1.25. The van der Waals surface area contributed by atoms with Gasteiger partial charge in [0.05, 0.1) is 24.4 Å². The minimum atomic E-state index is -0.393. The van der Waals surface area contributed by atoms with Crippen LogP contribution in [0, 0.1) is 0 Å². The van der Waals surface area contributed by atoms with E-state index >= 15 is 0 Å². The van der Waals surface area contributed by atoms with Crippen LogP contribution in [0.4, 0.5) is 0 Å².